The average molecular weight is 349 g/mol. The van der Waals surface area contributed by atoms with Gasteiger partial charge in [-0.3, -0.25) is 4.79 Å². The zero-order chi connectivity index (χ0) is 18.5. The molecular weight excluding hydrogens is 326 g/mol. The molecule has 0 atom stereocenters. The molecule has 0 unspecified atom stereocenters. The van der Waals surface area contributed by atoms with Crippen LogP contribution in [0.1, 0.15) is 27.2 Å². The lowest BCUT2D eigenvalue weighted by atomic mass is 10.0. The summed E-state index contributed by atoms with van der Waals surface area (Å²) in [6.07, 6.45) is 0. The standard InChI is InChI=1S/C21H23N3O2/c1-15-19(20(23-26-15)16-9-5-4-6-10-16)21(25)22-13-17-11-7-8-12-18(17)14-24(2)3/h4-12H,13-14H2,1-3H3,(H,22,25). The van der Waals surface area contributed by atoms with Gasteiger partial charge in [-0.1, -0.05) is 59.8 Å². The molecule has 5 heteroatoms. The highest BCUT2D eigenvalue weighted by Gasteiger charge is 2.21. The second-order valence-corrected chi connectivity index (χ2v) is 6.52. The van der Waals surface area contributed by atoms with Crippen molar-refractivity contribution >= 4 is 5.91 Å². The SMILES string of the molecule is Cc1onc(-c2ccccc2)c1C(=O)NCc1ccccc1CN(C)C. The quantitative estimate of drug-likeness (QED) is 0.738. The lowest BCUT2D eigenvalue weighted by molar-refractivity contribution is 0.0950. The van der Waals surface area contributed by atoms with Crippen molar-refractivity contribution in [3.05, 3.63) is 77.0 Å². The molecule has 5 nitrogen and oxygen atoms in total. The summed E-state index contributed by atoms with van der Waals surface area (Å²) in [5, 5.41) is 7.08. The summed E-state index contributed by atoms with van der Waals surface area (Å²) < 4.78 is 5.28. The number of aryl methyl sites for hydroxylation is 1. The van der Waals surface area contributed by atoms with Gasteiger partial charge in [-0.15, -0.1) is 0 Å². The molecule has 3 rings (SSSR count). The van der Waals surface area contributed by atoms with Crippen LogP contribution in [-0.4, -0.2) is 30.1 Å². The predicted molar refractivity (Wildman–Crippen MR) is 102 cm³/mol. The van der Waals surface area contributed by atoms with Gasteiger partial charge in [-0.2, -0.15) is 0 Å². The number of hydrogen-bond donors (Lipinski definition) is 1. The van der Waals surface area contributed by atoms with Gasteiger partial charge in [-0.25, -0.2) is 0 Å². The van der Waals surface area contributed by atoms with E-state index in [4.69, 9.17) is 4.52 Å². The number of carbonyl (C=O) groups excluding carboxylic acids is 1. The monoisotopic (exact) mass is 349 g/mol. The zero-order valence-corrected chi connectivity index (χ0v) is 15.3. The number of amides is 1. The van der Waals surface area contributed by atoms with E-state index >= 15 is 0 Å². The van der Waals surface area contributed by atoms with Crippen molar-refractivity contribution in [1.29, 1.82) is 0 Å². The number of carbonyl (C=O) groups is 1. The van der Waals surface area contributed by atoms with E-state index in [2.05, 4.69) is 21.4 Å². The van der Waals surface area contributed by atoms with E-state index in [1.54, 1.807) is 6.92 Å². The van der Waals surface area contributed by atoms with E-state index in [0.717, 1.165) is 17.7 Å². The molecule has 3 aromatic rings. The van der Waals surface area contributed by atoms with Gasteiger partial charge in [0.1, 0.15) is 17.0 Å². The molecule has 0 aliphatic rings. The first kappa shape index (κ1) is 17.9. The lowest BCUT2D eigenvalue weighted by Crippen LogP contribution is -2.25. The molecule has 2 aromatic carbocycles. The number of nitrogens with zero attached hydrogens (tertiary/aromatic N) is 2. The first-order valence-electron chi connectivity index (χ1n) is 8.57. The molecule has 0 aliphatic carbocycles. The van der Waals surface area contributed by atoms with Crippen LogP contribution in [0.25, 0.3) is 11.3 Å². The molecule has 0 spiro atoms. The van der Waals surface area contributed by atoms with Gasteiger partial charge in [-0.05, 0) is 32.1 Å². The Kier molecular flexibility index (Phi) is 5.49. The average Bonchev–Trinajstić information content (AvgIpc) is 3.02. The molecule has 1 aromatic heterocycles. The summed E-state index contributed by atoms with van der Waals surface area (Å²) in [5.41, 5.74) is 4.22. The number of hydrogen-bond acceptors (Lipinski definition) is 4. The Morgan fingerprint density at radius 3 is 2.38 bits per heavy atom. The third-order valence-corrected chi connectivity index (χ3v) is 4.18. The largest absolute Gasteiger partial charge is 0.360 e. The van der Waals surface area contributed by atoms with E-state index < -0.39 is 0 Å². The van der Waals surface area contributed by atoms with Crippen molar-refractivity contribution in [2.24, 2.45) is 0 Å². The fourth-order valence-corrected chi connectivity index (χ4v) is 2.92. The summed E-state index contributed by atoms with van der Waals surface area (Å²) in [7, 11) is 4.06. The van der Waals surface area contributed by atoms with Crippen LogP contribution in [0.3, 0.4) is 0 Å². The van der Waals surface area contributed by atoms with E-state index in [1.165, 1.54) is 5.56 Å². The fraction of sp³-hybridized carbons (Fsp3) is 0.238. The Labute approximate surface area is 153 Å². The maximum absolute atomic E-state index is 12.8. The van der Waals surface area contributed by atoms with Crippen LogP contribution in [0.5, 0.6) is 0 Å². The van der Waals surface area contributed by atoms with Gasteiger partial charge >= 0.3 is 0 Å². The summed E-state index contributed by atoms with van der Waals surface area (Å²) in [5.74, 6) is 0.338. The Bertz CT molecular complexity index is 885. The summed E-state index contributed by atoms with van der Waals surface area (Å²) in [4.78, 5) is 14.9. The molecule has 0 saturated heterocycles. The molecule has 0 fully saturated rings. The van der Waals surface area contributed by atoms with Gasteiger partial charge in [0.2, 0.25) is 0 Å². The van der Waals surface area contributed by atoms with Crippen LogP contribution < -0.4 is 5.32 Å². The van der Waals surface area contributed by atoms with Gasteiger partial charge in [0.15, 0.2) is 0 Å². The Morgan fingerprint density at radius 1 is 1.04 bits per heavy atom. The predicted octanol–water partition coefficient (Wildman–Crippen LogP) is 3.64. The van der Waals surface area contributed by atoms with Crippen molar-refractivity contribution in [3.63, 3.8) is 0 Å². The van der Waals surface area contributed by atoms with E-state index in [0.29, 0.717) is 23.6 Å². The molecular formula is C21H23N3O2. The van der Waals surface area contributed by atoms with Gasteiger partial charge in [0, 0.05) is 18.7 Å². The minimum absolute atomic E-state index is 0.178. The van der Waals surface area contributed by atoms with Crippen LogP contribution in [0, 0.1) is 6.92 Å². The first-order valence-corrected chi connectivity index (χ1v) is 8.57. The number of nitrogens with one attached hydrogen (secondary N) is 1. The van der Waals surface area contributed by atoms with Crippen LogP contribution in [0.2, 0.25) is 0 Å². The Morgan fingerprint density at radius 2 is 1.69 bits per heavy atom. The molecule has 0 saturated carbocycles. The summed E-state index contributed by atoms with van der Waals surface area (Å²) >= 11 is 0. The van der Waals surface area contributed by atoms with Crippen molar-refractivity contribution in [2.75, 3.05) is 14.1 Å². The lowest BCUT2D eigenvalue weighted by Gasteiger charge is -2.14. The van der Waals surface area contributed by atoms with Crippen molar-refractivity contribution < 1.29 is 9.32 Å². The third kappa shape index (κ3) is 4.00. The van der Waals surface area contributed by atoms with Crippen LogP contribution in [0.15, 0.2) is 59.1 Å². The molecule has 1 amide bonds. The topological polar surface area (TPSA) is 58.4 Å². The minimum Gasteiger partial charge on any atom is -0.360 e. The highest BCUT2D eigenvalue weighted by atomic mass is 16.5. The van der Waals surface area contributed by atoms with Crippen LogP contribution in [-0.2, 0) is 13.1 Å². The Balaban J connectivity index is 1.79. The fourth-order valence-electron chi connectivity index (χ4n) is 2.92. The summed E-state index contributed by atoms with van der Waals surface area (Å²) in [6.45, 7) is 3.05. The highest BCUT2D eigenvalue weighted by Crippen LogP contribution is 2.25. The minimum atomic E-state index is -0.178. The van der Waals surface area contributed by atoms with Crippen LogP contribution in [0.4, 0.5) is 0 Å². The number of benzene rings is 2. The molecule has 1 heterocycles. The van der Waals surface area contributed by atoms with Crippen molar-refractivity contribution in [1.82, 2.24) is 15.4 Å². The molecule has 0 aliphatic heterocycles. The van der Waals surface area contributed by atoms with Crippen molar-refractivity contribution in [3.8, 4) is 11.3 Å². The zero-order valence-electron chi connectivity index (χ0n) is 15.3. The van der Waals surface area contributed by atoms with Gasteiger partial charge in [0.25, 0.3) is 5.91 Å². The molecule has 26 heavy (non-hydrogen) atoms. The van der Waals surface area contributed by atoms with Crippen molar-refractivity contribution in [2.45, 2.75) is 20.0 Å². The molecule has 0 bridgehead atoms. The maximum atomic E-state index is 12.8. The van der Waals surface area contributed by atoms with Crippen LogP contribution >= 0.6 is 0 Å². The van der Waals surface area contributed by atoms with Gasteiger partial charge in [0.05, 0.1) is 0 Å². The van der Waals surface area contributed by atoms with Gasteiger partial charge < -0.3 is 14.7 Å². The molecule has 0 radical (unpaired) electrons. The third-order valence-electron chi connectivity index (χ3n) is 4.18. The number of rotatable bonds is 6. The normalized spacial score (nSPS) is 10.9. The number of aromatic nitrogens is 1. The van der Waals surface area contributed by atoms with E-state index in [-0.39, 0.29) is 5.91 Å². The second kappa shape index (κ2) is 7.97. The van der Waals surface area contributed by atoms with E-state index in [9.17, 15) is 4.79 Å². The molecule has 1 N–H and O–H groups in total. The molecule has 134 valence electrons. The van der Waals surface area contributed by atoms with E-state index in [1.807, 2.05) is 62.6 Å². The second-order valence-electron chi connectivity index (χ2n) is 6.52. The highest BCUT2D eigenvalue weighted by molar-refractivity contribution is 6.00. The Hall–Kier alpha value is -2.92. The summed E-state index contributed by atoms with van der Waals surface area (Å²) in [6, 6.07) is 17.7. The first-order chi connectivity index (χ1) is 12.6. The smallest absolute Gasteiger partial charge is 0.257 e. The maximum Gasteiger partial charge on any atom is 0.257 e.